The molecule has 0 bridgehead atoms. The summed E-state index contributed by atoms with van der Waals surface area (Å²) in [5, 5.41) is 2.86. The Morgan fingerprint density at radius 1 is 1.17 bits per heavy atom. The lowest BCUT2D eigenvalue weighted by Crippen LogP contribution is -2.64. The maximum Gasteiger partial charge on any atom is 0.270 e. The molecule has 0 aromatic carbocycles. The number of nitrogens with one attached hydrogen (secondary N) is 2. The summed E-state index contributed by atoms with van der Waals surface area (Å²) in [7, 11) is 0. The van der Waals surface area contributed by atoms with Crippen molar-refractivity contribution in [1.82, 2.24) is 25.2 Å². The van der Waals surface area contributed by atoms with E-state index in [0.717, 1.165) is 60.9 Å². The summed E-state index contributed by atoms with van der Waals surface area (Å²) in [6.07, 6.45) is 6.56. The fourth-order valence-electron chi connectivity index (χ4n) is 5.32. The average molecular weight is 477 g/mol. The summed E-state index contributed by atoms with van der Waals surface area (Å²) < 4.78 is 15.0. The van der Waals surface area contributed by atoms with Crippen molar-refractivity contribution in [2.24, 2.45) is 0 Å². The molecule has 2 saturated carbocycles. The van der Waals surface area contributed by atoms with Crippen LogP contribution < -0.4 is 15.8 Å². The van der Waals surface area contributed by atoms with Crippen molar-refractivity contribution in [3.05, 3.63) is 63.6 Å². The van der Waals surface area contributed by atoms with Gasteiger partial charge >= 0.3 is 0 Å². The topological polar surface area (TPSA) is 94.2 Å². The third kappa shape index (κ3) is 4.18. The third-order valence-electron chi connectivity index (χ3n) is 7.58. The fraction of sp³-hybridized carbons (Fsp3) is 0.462. The van der Waals surface area contributed by atoms with Gasteiger partial charge in [-0.2, -0.15) is 4.39 Å². The molecular formula is C26H29FN6O2. The van der Waals surface area contributed by atoms with Crippen molar-refractivity contribution in [2.45, 2.75) is 63.7 Å². The molecule has 1 aliphatic heterocycles. The van der Waals surface area contributed by atoms with Crippen LogP contribution in [0.4, 0.5) is 10.1 Å². The molecule has 3 aliphatic rings. The predicted octanol–water partition coefficient (Wildman–Crippen LogP) is 2.77. The van der Waals surface area contributed by atoms with Crippen molar-refractivity contribution < 1.29 is 9.18 Å². The van der Waals surface area contributed by atoms with E-state index in [-0.39, 0.29) is 29.2 Å². The highest BCUT2D eigenvalue weighted by Gasteiger charge is 2.43. The number of hydrogen-bond donors (Lipinski definition) is 2. The van der Waals surface area contributed by atoms with E-state index >= 15 is 0 Å². The van der Waals surface area contributed by atoms with Crippen molar-refractivity contribution in [2.75, 3.05) is 18.0 Å². The zero-order chi connectivity index (χ0) is 24.1. The Bertz CT molecular complexity index is 1350. The number of nitrogens with zero attached hydrogens (tertiary/aromatic N) is 4. The van der Waals surface area contributed by atoms with Crippen LogP contribution in [0.2, 0.25) is 0 Å². The number of aryl methyl sites for hydroxylation is 1. The first-order chi connectivity index (χ1) is 17.0. The van der Waals surface area contributed by atoms with Crippen LogP contribution in [0, 0.1) is 5.95 Å². The summed E-state index contributed by atoms with van der Waals surface area (Å²) in [5.41, 5.74) is 3.90. The molecule has 1 amide bonds. The molecule has 2 atom stereocenters. The minimum atomic E-state index is -0.582. The van der Waals surface area contributed by atoms with Crippen LogP contribution in [0.15, 0.2) is 35.3 Å². The quantitative estimate of drug-likeness (QED) is 0.532. The first kappa shape index (κ1) is 22.2. The lowest BCUT2D eigenvalue weighted by Gasteiger charge is -2.54. The number of hydrogen-bond acceptors (Lipinski definition) is 6. The van der Waals surface area contributed by atoms with Gasteiger partial charge in [-0.1, -0.05) is 6.92 Å². The molecule has 3 aromatic heterocycles. The van der Waals surface area contributed by atoms with E-state index < -0.39 is 5.95 Å². The van der Waals surface area contributed by atoms with Gasteiger partial charge in [0.1, 0.15) is 5.69 Å². The van der Waals surface area contributed by atoms with Crippen LogP contribution >= 0.6 is 0 Å². The van der Waals surface area contributed by atoms with Gasteiger partial charge in [0.15, 0.2) is 0 Å². The van der Waals surface area contributed by atoms with Crippen molar-refractivity contribution >= 4 is 22.6 Å². The number of carbonyl (C=O) groups is 1. The smallest absolute Gasteiger partial charge is 0.270 e. The van der Waals surface area contributed by atoms with Crippen LogP contribution in [0.5, 0.6) is 0 Å². The molecule has 2 unspecified atom stereocenters. The van der Waals surface area contributed by atoms with E-state index in [0.29, 0.717) is 24.7 Å². The number of amides is 1. The Morgan fingerprint density at radius 2 is 2.00 bits per heavy atom. The molecule has 182 valence electrons. The van der Waals surface area contributed by atoms with Gasteiger partial charge < -0.3 is 15.2 Å². The maximum absolute atomic E-state index is 15.0. The zero-order valence-electron chi connectivity index (χ0n) is 19.8. The first-order valence-corrected chi connectivity index (χ1v) is 12.5. The largest absolute Gasteiger partial charge is 0.362 e. The van der Waals surface area contributed by atoms with Crippen molar-refractivity contribution in [3.8, 4) is 0 Å². The van der Waals surface area contributed by atoms with E-state index in [1.807, 2.05) is 25.3 Å². The first-order valence-electron chi connectivity index (χ1n) is 12.5. The Morgan fingerprint density at radius 3 is 2.71 bits per heavy atom. The van der Waals surface area contributed by atoms with E-state index in [1.165, 1.54) is 0 Å². The summed E-state index contributed by atoms with van der Waals surface area (Å²) in [4.78, 5) is 40.5. The highest BCUT2D eigenvalue weighted by molar-refractivity contribution is 5.92. The van der Waals surface area contributed by atoms with Gasteiger partial charge in [-0.05, 0) is 61.9 Å². The number of fused-ring (bicyclic) bond motifs is 2. The second kappa shape index (κ2) is 8.71. The van der Waals surface area contributed by atoms with Gasteiger partial charge in [0.2, 0.25) is 5.95 Å². The molecule has 9 heteroatoms. The van der Waals surface area contributed by atoms with E-state index in [1.54, 1.807) is 12.1 Å². The summed E-state index contributed by atoms with van der Waals surface area (Å²) in [6.45, 7) is 4.16. The number of pyridine rings is 3. The predicted molar refractivity (Wildman–Crippen MR) is 131 cm³/mol. The number of piperazine rings is 1. The molecule has 4 heterocycles. The zero-order valence-corrected chi connectivity index (χ0v) is 19.8. The standard InChI is InChI=1S/C26H29FN6O2/c1-2-16-12-19-20(31-25(16)34)11-15(13-28-19)14-32-9-10-33(22-8-7-21(22)32)23-6-5-18(30-24(23)27)26(35)29-17-3-4-17/h5-6,11-13,17,21-22H,2-4,7-10,14H2,1H3,(H,29,35)(H,31,34). The molecule has 0 spiro atoms. The normalized spacial score (nSPS) is 22.1. The lowest BCUT2D eigenvalue weighted by molar-refractivity contribution is 0.0654. The van der Waals surface area contributed by atoms with Crippen LogP contribution in [0.1, 0.15) is 54.2 Å². The molecule has 2 aliphatic carbocycles. The molecular weight excluding hydrogens is 447 g/mol. The van der Waals surface area contributed by atoms with Crippen LogP contribution in [0.25, 0.3) is 11.0 Å². The molecule has 3 aromatic rings. The minimum absolute atomic E-state index is 0.0571. The Labute approximate surface area is 202 Å². The number of aromatic amines is 1. The molecule has 35 heavy (non-hydrogen) atoms. The summed E-state index contributed by atoms with van der Waals surface area (Å²) in [6, 6.07) is 7.94. The molecule has 3 fully saturated rings. The molecule has 0 radical (unpaired) electrons. The fourth-order valence-corrected chi connectivity index (χ4v) is 5.32. The Hall–Kier alpha value is -3.33. The molecule has 8 nitrogen and oxygen atoms in total. The highest BCUT2D eigenvalue weighted by atomic mass is 19.1. The monoisotopic (exact) mass is 476 g/mol. The molecule has 6 rings (SSSR count). The Kier molecular flexibility index (Phi) is 5.51. The number of carbonyl (C=O) groups excluding carboxylic acids is 1. The van der Waals surface area contributed by atoms with Crippen LogP contribution in [-0.4, -0.2) is 57.0 Å². The van der Waals surface area contributed by atoms with Gasteiger partial charge in [0.05, 0.1) is 16.7 Å². The SMILES string of the molecule is CCc1cc2ncc(CN3CCN(c4ccc(C(=O)NC5CC5)nc4F)C4CCC43)cc2[nH]c1=O. The molecule has 2 N–H and O–H groups in total. The number of H-pyrrole nitrogens is 1. The lowest BCUT2D eigenvalue weighted by atomic mass is 9.81. The van der Waals surface area contributed by atoms with Gasteiger partial charge in [0, 0.05) is 49.5 Å². The van der Waals surface area contributed by atoms with Crippen molar-refractivity contribution in [1.29, 1.82) is 0 Å². The van der Waals surface area contributed by atoms with Gasteiger partial charge in [-0.25, -0.2) is 4.98 Å². The molecule has 1 saturated heterocycles. The van der Waals surface area contributed by atoms with E-state index in [4.69, 9.17) is 0 Å². The number of rotatable bonds is 6. The van der Waals surface area contributed by atoms with Crippen LogP contribution in [-0.2, 0) is 13.0 Å². The Balaban J connectivity index is 1.16. The second-order valence-corrected chi connectivity index (χ2v) is 9.88. The number of anilines is 1. The third-order valence-corrected chi connectivity index (χ3v) is 7.58. The minimum Gasteiger partial charge on any atom is -0.362 e. The number of aromatic nitrogens is 3. The number of halogens is 1. The van der Waals surface area contributed by atoms with Crippen molar-refractivity contribution in [3.63, 3.8) is 0 Å². The highest BCUT2D eigenvalue weighted by Crippen LogP contribution is 2.38. The summed E-state index contributed by atoms with van der Waals surface area (Å²) >= 11 is 0. The average Bonchev–Trinajstić information content (AvgIpc) is 3.63. The van der Waals surface area contributed by atoms with Gasteiger partial charge in [-0.15, -0.1) is 0 Å². The van der Waals surface area contributed by atoms with Gasteiger partial charge in [0.25, 0.3) is 11.5 Å². The summed E-state index contributed by atoms with van der Waals surface area (Å²) in [5.74, 6) is -0.887. The van der Waals surface area contributed by atoms with Gasteiger partial charge in [-0.3, -0.25) is 19.5 Å². The maximum atomic E-state index is 15.0. The second-order valence-electron chi connectivity index (χ2n) is 9.88. The van der Waals surface area contributed by atoms with E-state index in [2.05, 4.69) is 30.1 Å². The van der Waals surface area contributed by atoms with Crippen LogP contribution in [0.3, 0.4) is 0 Å². The van der Waals surface area contributed by atoms with E-state index in [9.17, 15) is 14.0 Å².